The lowest BCUT2D eigenvalue weighted by Gasteiger charge is -2.23. The Morgan fingerprint density at radius 2 is 2.25 bits per heavy atom. The summed E-state index contributed by atoms with van der Waals surface area (Å²) in [5.41, 5.74) is 0. The van der Waals surface area contributed by atoms with Crippen molar-refractivity contribution in [3.63, 3.8) is 0 Å². The molecule has 2 fully saturated rings. The van der Waals surface area contributed by atoms with Crippen LogP contribution in [-0.4, -0.2) is 17.8 Å². The van der Waals surface area contributed by atoms with Crippen LogP contribution in [0.2, 0.25) is 0 Å². The van der Waals surface area contributed by atoms with Gasteiger partial charge in [-0.25, -0.2) is 0 Å². The van der Waals surface area contributed by atoms with Crippen molar-refractivity contribution in [1.82, 2.24) is 5.32 Å². The van der Waals surface area contributed by atoms with Gasteiger partial charge >= 0.3 is 0 Å². The van der Waals surface area contributed by atoms with Crippen molar-refractivity contribution in [2.75, 3.05) is 5.88 Å². The van der Waals surface area contributed by atoms with Crippen LogP contribution in [0, 0.1) is 17.8 Å². The molecular formula is C13H22ClNO. The van der Waals surface area contributed by atoms with E-state index in [4.69, 9.17) is 11.6 Å². The van der Waals surface area contributed by atoms with E-state index in [1.807, 2.05) is 0 Å². The predicted octanol–water partition coefficient (Wildman–Crippen LogP) is 2.95. The molecular weight excluding hydrogens is 222 g/mol. The summed E-state index contributed by atoms with van der Waals surface area (Å²) in [4.78, 5) is 12.1. The Bertz CT molecular complexity index is 256. The van der Waals surface area contributed by atoms with Crippen LogP contribution in [0.15, 0.2) is 0 Å². The van der Waals surface area contributed by atoms with E-state index in [1.54, 1.807) is 0 Å². The summed E-state index contributed by atoms with van der Waals surface area (Å²) in [7, 11) is 0. The van der Waals surface area contributed by atoms with E-state index in [-0.39, 0.29) is 6.04 Å². The zero-order valence-corrected chi connectivity index (χ0v) is 10.8. The lowest BCUT2D eigenvalue weighted by atomic mass is 9.88. The van der Waals surface area contributed by atoms with Crippen molar-refractivity contribution < 1.29 is 4.79 Å². The molecule has 2 rings (SSSR count). The lowest BCUT2D eigenvalue weighted by Crippen LogP contribution is -2.39. The number of nitrogens with one attached hydrogen (secondary N) is 1. The Labute approximate surface area is 103 Å². The standard InChI is InChI=1S/C13H22ClNO/c1-9(3-2-6-14)15-13(16)12-8-10-4-5-11(12)7-10/h9-12H,2-8H2,1H3,(H,15,16). The van der Waals surface area contributed by atoms with E-state index >= 15 is 0 Å². The first-order valence-electron chi connectivity index (χ1n) is 6.57. The van der Waals surface area contributed by atoms with Crippen molar-refractivity contribution in [3.8, 4) is 0 Å². The van der Waals surface area contributed by atoms with E-state index < -0.39 is 0 Å². The average Bonchev–Trinajstić information content (AvgIpc) is 2.87. The van der Waals surface area contributed by atoms with E-state index in [1.165, 1.54) is 19.3 Å². The molecule has 2 nitrogen and oxygen atoms in total. The summed E-state index contributed by atoms with van der Waals surface area (Å²) < 4.78 is 0. The molecule has 0 aliphatic heterocycles. The van der Waals surface area contributed by atoms with E-state index in [2.05, 4.69) is 12.2 Å². The number of carbonyl (C=O) groups excluding carboxylic acids is 1. The van der Waals surface area contributed by atoms with E-state index in [0.29, 0.717) is 23.6 Å². The number of hydrogen-bond acceptors (Lipinski definition) is 1. The van der Waals surface area contributed by atoms with Gasteiger partial charge in [-0.3, -0.25) is 4.79 Å². The van der Waals surface area contributed by atoms with Crippen LogP contribution in [0.25, 0.3) is 0 Å². The van der Waals surface area contributed by atoms with Gasteiger partial charge in [0.2, 0.25) is 5.91 Å². The number of fused-ring (bicyclic) bond motifs is 2. The minimum absolute atomic E-state index is 0.283. The highest BCUT2D eigenvalue weighted by molar-refractivity contribution is 6.17. The molecule has 3 heteroatoms. The Balaban J connectivity index is 1.75. The first-order valence-corrected chi connectivity index (χ1v) is 7.10. The number of hydrogen-bond donors (Lipinski definition) is 1. The predicted molar refractivity (Wildman–Crippen MR) is 66.5 cm³/mol. The van der Waals surface area contributed by atoms with Gasteiger partial charge in [-0.05, 0) is 50.9 Å². The third kappa shape index (κ3) is 2.71. The maximum atomic E-state index is 12.1. The third-order valence-corrected chi connectivity index (χ3v) is 4.50. The largest absolute Gasteiger partial charge is 0.353 e. The van der Waals surface area contributed by atoms with Gasteiger partial charge in [0.15, 0.2) is 0 Å². The number of carbonyl (C=O) groups is 1. The highest BCUT2D eigenvalue weighted by atomic mass is 35.5. The van der Waals surface area contributed by atoms with Gasteiger partial charge < -0.3 is 5.32 Å². The second kappa shape index (κ2) is 5.39. The molecule has 0 radical (unpaired) electrons. The zero-order chi connectivity index (χ0) is 11.5. The number of rotatable bonds is 5. The molecule has 4 unspecified atom stereocenters. The Hall–Kier alpha value is -0.240. The summed E-state index contributed by atoms with van der Waals surface area (Å²) in [6.45, 7) is 2.08. The highest BCUT2D eigenvalue weighted by Gasteiger charge is 2.43. The quantitative estimate of drug-likeness (QED) is 0.740. The first kappa shape index (κ1) is 12.2. The summed E-state index contributed by atoms with van der Waals surface area (Å²) in [5, 5.41) is 3.14. The molecule has 0 spiro atoms. The fourth-order valence-corrected chi connectivity index (χ4v) is 3.53. The maximum Gasteiger partial charge on any atom is 0.223 e. The second-order valence-corrected chi connectivity index (χ2v) is 5.90. The monoisotopic (exact) mass is 243 g/mol. The molecule has 2 aliphatic rings. The van der Waals surface area contributed by atoms with Crippen LogP contribution in [0.3, 0.4) is 0 Å². The van der Waals surface area contributed by atoms with Crippen LogP contribution in [0.4, 0.5) is 0 Å². The van der Waals surface area contributed by atoms with Crippen molar-refractivity contribution in [3.05, 3.63) is 0 Å². The molecule has 1 amide bonds. The molecule has 92 valence electrons. The Morgan fingerprint density at radius 1 is 1.44 bits per heavy atom. The fourth-order valence-electron chi connectivity index (χ4n) is 3.37. The molecule has 16 heavy (non-hydrogen) atoms. The molecule has 1 N–H and O–H groups in total. The van der Waals surface area contributed by atoms with Gasteiger partial charge in [-0.1, -0.05) is 6.42 Å². The van der Waals surface area contributed by atoms with Gasteiger partial charge in [0.25, 0.3) is 0 Å². The molecule has 4 atom stereocenters. The van der Waals surface area contributed by atoms with Gasteiger partial charge in [0, 0.05) is 17.8 Å². The lowest BCUT2D eigenvalue weighted by molar-refractivity contribution is -0.127. The van der Waals surface area contributed by atoms with Crippen LogP contribution >= 0.6 is 11.6 Å². The average molecular weight is 244 g/mol. The van der Waals surface area contributed by atoms with Crippen LogP contribution in [0.5, 0.6) is 0 Å². The number of halogens is 1. The summed E-state index contributed by atoms with van der Waals surface area (Å²) >= 11 is 5.65. The highest BCUT2D eigenvalue weighted by Crippen LogP contribution is 2.48. The molecule has 0 aromatic heterocycles. The van der Waals surface area contributed by atoms with Crippen LogP contribution in [0.1, 0.15) is 45.4 Å². The Morgan fingerprint density at radius 3 is 2.81 bits per heavy atom. The molecule has 2 aliphatic carbocycles. The molecule has 2 saturated carbocycles. The van der Waals surface area contributed by atoms with Gasteiger partial charge in [-0.2, -0.15) is 0 Å². The Kier molecular flexibility index (Phi) is 4.12. The summed E-state index contributed by atoms with van der Waals surface area (Å²) in [6.07, 6.45) is 7.05. The maximum absolute atomic E-state index is 12.1. The molecule has 0 heterocycles. The van der Waals surface area contributed by atoms with Gasteiger partial charge in [0.05, 0.1) is 0 Å². The van der Waals surface area contributed by atoms with Gasteiger partial charge in [-0.15, -0.1) is 11.6 Å². The normalized spacial score (nSPS) is 34.0. The van der Waals surface area contributed by atoms with Crippen molar-refractivity contribution >= 4 is 17.5 Å². The summed E-state index contributed by atoms with van der Waals surface area (Å²) in [6, 6.07) is 0.283. The van der Waals surface area contributed by atoms with E-state index in [9.17, 15) is 4.79 Å². The van der Waals surface area contributed by atoms with Crippen LogP contribution < -0.4 is 5.32 Å². The smallest absolute Gasteiger partial charge is 0.223 e. The van der Waals surface area contributed by atoms with Crippen molar-refractivity contribution in [2.24, 2.45) is 17.8 Å². The molecule has 2 bridgehead atoms. The second-order valence-electron chi connectivity index (χ2n) is 5.52. The fraction of sp³-hybridized carbons (Fsp3) is 0.923. The minimum Gasteiger partial charge on any atom is -0.353 e. The molecule has 0 aromatic carbocycles. The molecule has 0 saturated heterocycles. The van der Waals surface area contributed by atoms with Crippen LogP contribution in [-0.2, 0) is 4.79 Å². The third-order valence-electron chi connectivity index (χ3n) is 4.23. The topological polar surface area (TPSA) is 29.1 Å². The zero-order valence-electron chi connectivity index (χ0n) is 10.0. The number of alkyl halides is 1. The summed E-state index contributed by atoms with van der Waals surface area (Å²) in [5.74, 6) is 2.84. The SMILES string of the molecule is CC(CCCCl)NC(=O)C1CC2CCC1C2. The van der Waals surface area contributed by atoms with Gasteiger partial charge in [0.1, 0.15) is 0 Å². The van der Waals surface area contributed by atoms with Crippen molar-refractivity contribution in [2.45, 2.75) is 51.5 Å². The molecule has 0 aromatic rings. The van der Waals surface area contributed by atoms with Crippen molar-refractivity contribution in [1.29, 1.82) is 0 Å². The number of amides is 1. The minimum atomic E-state index is 0.283. The van der Waals surface area contributed by atoms with E-state index in [0.717, 1.165) is 25.2 Å². The first-order chi connectivity index (χ1) is 7.70.